The van der Waals surface area contributed by atoms with Gasteiger partial charge in [-0.1, -0.05) is 43.6 Å². The SMILES string of the molecule is CCN(CC)CCN(C)Cc1cccc(C(=O)Nc2sc3c(c2C(=O)NN=Cc2ccc(Cl)c(C(F)(F)F)c2)CCCC3)c1. The molecule has 44 heavy (non-hydrogen) atoms. The molecule has 2 N–H and O–H groups in total. The summed E-state index contributed by atoms with van der Waals surface area (Å²) in [6, 6.07) is 10.8. The van der Waals surface area contributed by atoms with Crippen LogP contribution in [0.3, 0.4) is 0 Å². The van der Waals surface area contributed by atoms with Gasteiger partial charge in [-0.15, -0.1) is 11.3 Å². The zero-order valence-corrected chi connectivity index (χ0v) is 26.6. The topological polar surface area (TPSA) is 77.0 Å². The molecule has 0 saturated carbocycles. The highest BCUT2D eigenvalue weighted by Crippen LogP contribution is 2.38. The van der Waals surface area contributed by atoms with E-state index in [1.54, 1.807) is 6.07 Å². The lowest BCUT2D eigenvalue weighted by molar-refractivity contribution is -0.137. The van der Waals surface area contributed by atoms with Crippen LogP contribution in [0.15, 0.2) is 47.6 Å². The van der Waals surface area contributed by atoms with Gasteiger partial charge in [-0.3, -0.25) is 9.59 Å². The van der Waals surface area contributed by atoms with Crippen molar-refractivity contribution in [3.8, 4) is 0 Å². The third-order valence-electron chi connectivity index (χ3n) is 7.63. The summed E-state index contributed by atoms with van der Waals surface area (Å²) in [5.41, 5.74) is 4.28. The lowest BCUT2D eigenvalue weighted by Crippen LogP contribution is -2.32. The minimum absolute atomic E-state index is 0.126. The van der Waals surface area contributed by atoms with E-state index >= 15 is 0 Å². The summed E-state index contributed by atoms with van der Waals surface area (Å²) in [5, 5.41) is 6.86. The van der Waals surface area contributed by atoms with Crippen LogP contribution in [0.2, 0.25) is 5.02 Å². The number of carbonyl (C=O) groups excluding carboxylic acids is 2. The molecule has 1 aliphatic rings. The van der Waals surface area contributed by atoms with Crippen molar-refractivity contribution in [3.05, 3.63) is 85.7 Å². The number of hydrogen-bond donors (Lipinski definition) is 2. The molecule has 12 heteroatoms. The minimum atomic E-state index is -4.62. The van der Waals surface area contributed by atoms with Crippen LogP contribution in [0, 0.1) is 0 Å². The second-order valence-electron chi connectivity index (χ2n) is 10.8. The van der Waals surface area contributed by atoms with Crippen LogP contribution < -0.4 is 10.7 Å². The number of anilines is 1. The van der Waals surface area contributed by atoms with Crippen molar-refractivity contribution in [3.63, 3.8) is 0 Å². The van der Waals surface area contributed by atoms with Gasteiger partial charge in [-0.2, -0.15) is 18.3 Å². The molecule has 2 amide bonds. The normalized spacial score (nSPS) is 13.5. The lowest BCUT2D eigenvalue weighted by atomic mass is 9.95. The number of benzene rings is 2. The fraction of sp³-hybridized carbons (Fsp3) is 0.406. The number of thiophene rings is 1. The minimum Gasteiger partial charge on any atom is -0.313 e. The number of amides is 2. The van der Waals surface area contributed by atoms with E-state index in [1.165, 1.54) is 17.4 Å². The second-order valence-corrected chi connectivity index (χ2v) is 12.3. The Labute approximate surface area is 265 Å². The molecule has 0 atom stereocenters. The number of rotatable bonds is 12. The van der Waals surface area contributed by atoms with E-state index in [9.17, 15) is 22.8 Å². The number of aryl methyl sites for hydroxylation is 1. The van der Waals surface area contributed by atoms with Crippen molar-refractivity contribution < 1.29 is 22.8 Å². The van der Waals surface area contributed by atoms with E-state index in [4.69, 9.17) is 11.6 Å². The molecule has 0 unspecified atom stereocenters. The molecule has 0 spiro atoms. The molecule has 0 aliphatic heterocycles. The number of halogens is 4. The Morgan fingerprint density at radius 2 is 1.80 bits per heavy atom. The highest BCUT2D eigenvalue weighted by atomic mass is 35.5. The number of likely N-dealkylation sites (N-methyl/N-ethyl adjacent to an activating group) is 2. The van der Waals surface area contributed by atoms with Crippen LogP contribution in [0.25, 0.3) is 0 Å². The molecular formula is C32H37ClF3N5O2S. The number of hydrogen-bond acceptors (Lipinski definition) is 6. The first kappa shape index (κ1) is 33.6. The molecule has 4 rings (SSSR count). The lowest BCUT2D eigenvalue weighted by Gasteiger charge is -2.23. The van der Waals surface area contributed by atoms with Crippen molar-refractivity contribution >= 4 is 46.0 Å². The summed E-state index contributed by atoms with van der Waals surface area (Å²) in [5.74, 6) is -0.862. The number of nitrogens with zero attached hydrogens (tertiary/aromatic N) is 3. The summed E-state index contributed by atoms with van der Waals surface area (Å²) in [6.45, 7) is 8.87. The highest BCUT2D eigenvalue weighted by molar-refractivity contribution is 7.17. The highest BCUT2D eigenvalue weighted by Gasteiger charge is 2.33. The molecule has 7 nitrogen and oxygen atoms in total. The second kappa shape index (κ2) is 15.2. The summed E-state index contributed by atoms with van der Waals surface area (Å²) >= 11 is 7.08. The van der Waals surface area contributed by atoms with Crippen LogP contribution in [-0.2, 0) is 25.6 Å². The number of fused-ring (bicyclic) bond motifs is 1. The third-order valence-corrected chi connectivity index (χ3v) is 9.17. The number of alkyl halides is 3. The fourth-order valence-electron chi connectivity index (χ4n) is 5.18. The summed E-state index contributed by atoms with van der Waals surface area (Å²) in [7, 11) is 2.06. The van der Waals surface area contributed by atoms with E-state index < -0.39 is 22.7 Å². The van der Waals surface area contributed by atoms with E-state index in [0.717, 1.165) is 79.8 Å². The molecule has 0 bridgehead atoms. The molecule has 236 valence electrons. The Hall–Kier alpha value is -3.25. The van der Waals surface area contributed by atoms with Gasteiger partial charge in [0.2, 0.25) is 0 Å². The smallest absolute Gasteiger partial charge is 0.313 e. The molecule has 1 aromatic heterocycles. The summed E-state index contributed by atoms with van der Waals surface area (Å²) in [6.07, 6.45) is -0.0916. The fourth-order valence-corrected chi connectivity index (χ4v) is 6.69. The Balaban J connectivity index is 1.48. The average molecular weight is 648 g/mol. The Bertz CT molecular complexity index is 1500. The molecular weight excluding hydrogens is 611 g/mol. The zero-order valence-electron chi connectivity index (χ0n) is 25.1. The molecule has 1 heterocycles. The standard InChI is InChI=1S/C32H37ClF3N5O2S/c1-4-41(5-2)16-15-40(3)20-22-9-8-10-23(17-22)29(42)38-31-28(24-11-6-7-12-27(24)44-31)30(43)39-37-19-21-13-14-26(33)25(18-21)32(34,35)36/h8-10,13-14,17-19H,4-7,11-12,15-16,20H2,1-3H3,(H,38,42)(H,39,43). The molecule has 0 saturated heterocycles. The van der Waals surface area contributed by atoms with Crippen molar-refractivity contribution in [1.29, 1.82) is 0 Å². The van der Waals surface area contributed by atoms with Crippen LogP contribution in [0.4, 0.5) is 18.2 Å². The molecule has 0 radical (unpaired) electrons. The maximum Gasteiger partial charge on any atom is 0.417 e. The van der Waals surface area contributed by atoms with E-state index in [2.05, 4.69) is 46.5 Å². The maximum absolute atomic E-state index is 13.4. The van der Waals surface area contributed by atoms with Gasteiger partial charge in [0.1, 0.15) is 5.00 Å². The molecule has 3 aromatic rings. The van der Waals surface area contributed by atoms with Gasteiger partial charge < -0.3 is 15.1 Å². The molecule has 0 fully saturated rings. The average Bonchev–Trinajstić information content (AvgIpc) is 3.35. The van der Waals surface area contributed by atoms with Gasteiger partial charge in [-0.25, -0.2) is 5.43 Å². The van der Waals surface area contributed by atoms with Crippen molar-refractivity contribution in [2.45, 2.75) is 52.3 Å². The van der Waals surface area contributed by atoms with Crippen molar-refractivity contribution in [2.75, 3.05) is 38.5 Å². The van der Waals surface area contributed by atoms with E-state index in [1.807, 2.05) is 18.2 Å². The van der Waals surface area contributed by atoms with Gasteiger partial charge >= 0.3 is 6.18 Å². The van der Waals surface area contributed by atoms with Crippen LogP contribution in [0.1, 0.15) is 74.5 Å². The molecule has 2 aromatic carbocycles. The van der Waals surface area contributed by atoms with Gasteiger partial charge in [-0.05, 0) is 86.8 Å². The summed E-state index contributed by atoms with van der Waals surface area (Å²) in [4.78, 5) is 32.3. The molecule has 1 aliphatic carbocycles. The van der Waals surface area contributed by atoms with Crippen molar-refractivity contribution in [2.24, 2.45) is 5.10 Å². The number of carbonyl (C=O) groups is 2. The third kappa shape index (κ3) is 8.68. The number of hydrazone groups is 1. The van der Waals surface area contributed by atoms with Gasteiger partial charge in [0.05, 0.1) is 22.4 Å². The first-order chi connectivity index (χ1) is 21.0. The van der Waals surface area contributed by atoms with Crippen LogP contribution >= 0.6 is 22.9 Å². The summed E-state index contributed by atoms with van der Waals surface area (Å²) < 4.78 is 39.7. The quantitative estimate of drug-likeness (QED) is 0.163. The number of nitrogens with one attached hydrogen (secondary N) is 2. The van der Waals surface area contributed by atoms with E-state index in [0.29, 0.717) is 29.1 Å². The van der Waals surface area contributed by atoms with Gasteiger partial charge in [0.25, 0.3) is 11.8 Å². The monoisotopic (exact) mass is 647 g/mol. The van der Waals surface area contributed by atoms with Gasteiger partial charge in [0, 0.05) is 30.1 Å². The zero-order chi connectivity index (χ0) is 31.9. The first-order valence-corrected chi connectivity index (χ1v) is 15.8. The Kier molecular flexibility index (Phi) is 11.6. The predicted octanol–water partition coefficient (Wildman–Crippen LogP) is 7.09. The first-order valence-electron chi connectivity index (χ1n) is 14.7. The van der Waals surface area contributed by atoms with E-state index in [-0.39, 0.29) is 11.5 Å². The predicted molar refractivity (Wildman–Crippen MR) is 171 cm³/mol. The van der Waals surface area contributed by atoms with Gasteiger partial charge in [0.15, 0.2) is 0 Å². The van der Waals surface area contributed by atoms with Crippen LogP contribution in [0.5, 0.6) is 0 Å². The van der Waals surface area contributed by atoms with Crippen LogP contribution in [-0.4, -0.2) is 61.1 Å². The maximum atomic E-state index is 13.4. The van der Waals surface area contributed by atoms with Crippen molar-refractivity contribution in [1.82, 2.24) is 15.2 Å². The largest absolute Gasteiger partial charge is 0.417 e. The Morgan fingerprint density at radius 3 is 2.52 bits per heavy atom. The Morgan fingerprint density at radius 1 is 1.05 bits per heavy atom.